The highest BCUT2D eigenvalue weighted by atomic mass is 16.5. The van der Waals surface area contributed by atoms with E-state index in [1.54, 1.807) is 26.6 Å². The molecular weight excluding hydrogens is 378 g/mol. The van der Waals surface area contributed by atoms with E-state index in [0.717, 1.165) is 65.2 Å². The molecule has 0 amide bonds. The third-order valence-corrected chi connectivity index (χ3v) is 5.56. The van der Waals surface area contributed by atoms with E-state index in [-0.39, 0.29) is 0 Å². The van der Waals surface area contributed by atoms with Crippen LogP contribution in [0.5, 0.6) is 11.5 Å². The fourth-order valence-corrected chi connectivity index (χ4v) is 3.68. The zero-order chi connectivity index (χ0) is 21.1. The minimum atomic E-state index is 0.292. The molecule has 1 N–H and O–H groups in total. The van der Waals surface area contributed by atoms with Crippen LogP contribution in [0.2, 0.25) is 0 Å². The Kier molecular flexibility index (Phi) is 5.70. The van der Waals surface area contributed by atoms with Gasteiger partial charge in [-0.3, -0.25) is 4.98 Å². The van der Waals surface area contributed by atoms with Gasteiger partial charge in [0.15, 0.2) is 5.82 Å². The molecule has 7 nitrogen and oxygen atoms in total. The number of pyridine rings is 1. The summed E-state index contributed by atoms with van der Waals surface area (Å²) in [5.74, 6) is 3.20. The van der Waals surface area contributed by atoms with Crippen molar-refractivity contribution >= 4 is 11.5 Å². The Balaban J connectivity index is 1.53. The summed E-state index contributed by atoms with van der Waals surface area (Å²) in [5, 5.41) is 3.65. The van der Waals surface area contributed by atoms with Crippen molar-refractivity contribution < 1.29 is 9.47 Å². The van der Waals surface area contributed by atoms with Gasteiger partial charge >= 0.3 is 0 Å². The molecule has 7 heteroatoms. The van der Waals surface area contributed by atoms with Gasteiger partial charge in [0.05, 0.1) is 14.2 Å². The third kappa shape index (κ3) is 4.15. The second-order valence-corrected chi connectivity index (χ2v) is 7.49. The number of aromatic nitrogens is 3. The maximum atomic E-state index is 5.42. The summed E-state index contributed by atoms with van der Waals surface area (Å²) >= 11 is 0. The standard InChI is InChI=1S/C23H27N5O2/c1-15-16(2)25-23(17-5-8-24-9-6-17)27-22(15)26-18-7-10-28(14-18)19-11-20(29-3)13-21(12-19)30-4/h5-6,8-9,11-13,18H,7,10,14H2,1-4H3,(H,25,26,27). The van der Waals surface area contributed by atoms with E-state index in [2.05, 4.69) is 27.1 Å². The number of hydrogen-bond donors (Lipinski definition) is 1. The zero-order valence-electron chi connectivity index (χ0n) is 17.8. The summed E-state index contributed by atoms with van der Waals surface area (Å²) in [5.41, 5.74) is 4.12. The lowest BCUT2D eigenvalue weighted by atomic mass is 10.2. The van der Waals surface area contributed by atoms with Gasteiger partial charge in [-0.15, -0.1) is 0 Å². The topological polar surface area (TPSA) is 72.4 Å². The first-order valence-electron chi connectivity index (χ1n) is 10.1. The number of methoxy groups -OCH3 is 2. The van der Waals surface area contributed by atoms with Gasteiger partial charge in [-0.2, -0.15) is 0 Å². The van der Waals surface area contributed by atoms with Gasteiger partial charge in [0.2, 0.25) is 0 Å². The summed E-state index contributed by atoms with van der Waals surface area (Å²) in [6.45, 7) is 5.92. The van der Waals surface area contributed by atoms with Crippen LogP contribution < -0.4 is 19.7 Å². The monoisotopic (exact) mass is 405 g/mol. The Morgan fingerprint density at radius 1 is 1.00 bits per heavy atom. The highest BCUT2D eigenvalue weighted by molar-refractivity contribution is 5.60. The molecule has 0 radical (unpaired) electrons. The molecule has 1 fully saturated rings. The second kappa shape index (κ2) is 8.57. The summed E-state index contributed by atoms with van der Waals surface area (Å²) < 4.78 is 10.8. The van der Waals surface area contributed by atoms with Crippen molar-refractivity contribution in [3.63, 3.8) is 0 Å². The van der Waals surface area contributed by atoms with Crippen molar-refractivity contribution in [3.8, 4) is 22.9 Å². The molecule has 156 valence electrons. The van der Waals surface area contributed by atoms with Crippen LogP contribution in [0.15, 0.2) is 42.7 Å². The fraction of sp³-hybridized carbons (Fsp3) is 0.348. The van der Waals surface area contributed by atoms with Gasteiger partial charge < -0.3 is 19.7 Å². The first kappa shape index (κ1) is 19.9. The van der Waals surface area contributed by atoms with E-state index in [1.165, 1.54) is 0 Å². The van der Waals surface area contributed by atoms with Crippen LogP contribution in [-0.4, -0.2) is 48.3 Å². The van der Waals surface area contributed by atoms with Crippen LogP contribution in [-0.2, 0) is 0 Å². The van der Waals surface area contributed by atoms with Crippen molar-refractivity contribution in [2.75, 3.05) is 37.5 Å². The van der Waals surface area contributed by atoms with Crippen LogP contribution in [0.1, 0.15) is 17.7 Å². The first-order valence-corrected chi connectivity index (χ1v) is 10.1. The molecule has 1 aliphatic rings. The van der Waals surface area contributed by atoms with E-state index >= 15 is 0 Å². The number of ether oxygens (including phenoxy) is 2. The summed E-state index contributed by atoms with van der Waals surface area (Å²) in [4.78, 5) is 15.9. The Morgan fingerprint density at radius 2 is 1.70 bits per heavy atom. The fourth-order valence-electron chi connectivity index (χ4n) is 3.68. The van der Waals surface area contributed by atoms with E-state index in [1.807, 2.05) is 37.3 Å². The number of hydrogen-bond acceptors (Lipinski definition) is 7. The minimum absolute atomic E-state index is 0.292. The number of aryl methyl sites for hydroxylation is 1. The van der Waals surface area contributed by atoms with Gasteiger partial charge in [-0.1, -0.05) is 0 Å². The summed E-state index contributed by atoms with van der Waals surface area (Å²) in [6, 6.07) is 10.1. The van der Waals surface area contributed by atoms with Crippen LogP contribution in [0, 0.1) is 13.8 Å². The van der Waals surface area contributed by atoms with E-state index < -0.39 is 0 Å². The van der Waals surface area contributed by atoms with Gasteiger partial charge in [0.1, 0.15) is 17.3 Å². The number of anilines is 2. The molecule has 0 saturated carbocycles. The molecule has 0 spiro atoms. The largest absolute Gasteiger partial charge is 0.497 e. The quantitative estimate of drug-likeness (QED) is 0.667. The molecule has 1 aromatic carbocycles. The number of benzene rings is 1. The van der Waals surface area contributed by atoms with Gasteiger partial charge in [-0.05, 0) is 32.4 Å². The van der Waals surface area contributed by atoms with Crippen molar-refractivity contribution in [2.24, 2.45) is 0 Å². The lowest BCUT2D eigenvalue weighted by Crippen LogP contribution is -2.27. The SMILES string of the molecule is COc1cc(OC)cc(N2CCC(Nc3nc(-c4ccncc4)nc(C)c3C)C2)c1. The number of nitrogens with zero attached hydrogens (tertiary/aromatic N) is 4. The first-order chi connectivity index (χ1) is 14.6. The predicted molar refractivity (Wildman–Crippen MR) is 119 cm³/mol. The van der Waals surface area contributed by atoms with Gasteiger partial charge in [-0.25, -0.2) is 9.97 Å². The van der Waals surface area contributed by atoms with Crippen LogP contribution in [0.25, 0.3) is 11.4 Å². The number of nitrogens with one attached hydrogen (secondary N) is 1. The smallest absolute Gasteiger partial charge is 0.161 e. The second-order valence-electron chi connectivity index (χ2n) is 7.49. The summed E-state index contributed by atoms with van der Waals surface area (Å²) in [7, 11) is 3.35. The molecular formula is C23H27N5O2. The summed E-state index contributed by atoms with van der Waals surface area (Å²) in [6.07, 6.45) is 4.54. The van der Waals surface area contributed by atoms with E-state index in [4.69, 9.17) is 14.5 Å². The molecule has 4 rings (SSSR count). The van der Waals surface area contributed by atoms with Gasteiger partial charge in [0.25, 0.3) is 0 Å². The predicted octanol–water partition coefficient (Wildman–Crippen LogP) is 3.86. The van der Waals surface area contributed by atoms with Crippen LogP contribution in [0.4, 0.5) is 11.5 Å². The minimum Gasteiger partial charge on any atom is -0.497 e. The van der Waals surface area contributed by atoms with Crippen molar-refractivity contribution in [1.29, 1.82) is 0 Å². The average molecular weight is 406 g/mol. The Bertz CT molecular complexity index is 1000. The van der Waals surface area contributed by atoms with Crippen molar-refractivity contribution in [2.45, 2.75) is 26.3 Å². The Hall–Kier alpha value is -3.35. The molecule has 1 atom stereocenters. The van der Waals surface area contributed by atoms with Crippen molar-refractivity contribution in [3.05, 3.63) is 54.0 Å². The molecule has 30 heavy (non-hydrogen) atoms. The molecule has 0 aliphatic carbocycles. The van der Waals surface area contributed by atoms with Crippen LogP contribution >= 0.6 is 0 Å². The molecule has 1 saturated heterocycles. The van der Waals surface area contributed by atoms with Crippen molar-refractivity contribution in [1.82, 2.24) is 15.0 Å². The highest BCUT2D eigenvalue weighted by Crippen LogP contribution is 2.31. The Morgan fingerprint density at radius 3 is 2.37 bits per heavy atom. The normalized spacial score (nSPS) is 15.9. The maximum absolute atomic E-state index is 5.42. The third-order valence-electron chi connectivity index (χ3n) is 5.56. The lowest BCUT2D eigenvalue weighted by Gasteiger charge is -2.21. The number of rotatable bonds is 6. The molecule has 0 bridgehead atoms. The highest BCUT2D eigenvalue weighted by Gasteiger charge is 2.25. The van der Waals surface area contributed by atoms with E-state index in [9.17, 15) is 0 Å². The van der Waals surface area contributed by atoms with E-state index in [0.29, 0.717) is 6.04 Å². The zero-order valence-corrected chi connectivity index (χ0v) is 17.8. The molecule has 3 aromatic rings. The lowest BCUT2D eigenvalue weighted by molar-refractivity contribution is 0.394. The maximum Gasteiger partial charge on any atom is 0.161 e. The van der Waals surface area contributed by atoms with Crippen LogP contribution in [0.3, 0.4) is 0 Å². The average Bonchev–Trinajstić information content (AvgIpc) is 3.25. The molecule has 2 aromatic heterocycles. The molecule has 1 unspecified atom stereocenters. The Labute approximate surface area is 177 Å². The molecule has 3 heterocycles. The molecule has 1 aliphatic heterocycles. The van der Waals surface area contributed by atoms with Gasteiger partial charge in [0, 0.05) is 72.2 Å².